The maximum atomic E-state index is 11.3. The zero-order valence-corrected chi connectivity index (χ0v) is 16.6. The van der Waals surface area contributed by atoms with Crippen molar-refractivity contribution in [1.29, 1.82) is 0 Å². The molecule has 0 aliphatic heterocycles. The predicted molar refractivity (Wildman–Crippen MR) is 100 cm³/mol. The molecular formula is C22H38O4. The van der Waals surface area contributed by atoms with E-state index in [4.69, 9.17) is 0 Å². The molecule has 26 heavy (non-hydrogen) atoms. The smallest absolute Gasteiger partial charge is 0.0602 e. The Morgan fingerprint density at radius 1 is 0.962 bits per heavy atom. The molecule has 4 nitrogen and oxygen atoms in total. The fourth-order valence-electron chi connectivity index (χ4n) is 8.26. The molecule has 11 atom stereocenters. The largest absolute Gasteiger partial charge is 0.396 e. The van der Waals surface area contributed by atoms with Gasteiger partial charge in [0.25, 0.3) is 0 Å². The van der Waals surface area contributed by atoms with E-state index in [1.807, 2.05) is 0 Å². The summed E-state index contributed by atoms with van der Waals surface area (Å²) in [6.45, 7) is 6.88. The molecule has 0 spiro atoms. The van der Waals surface area contributed by atoms with Crippen LogP contribution in [-0.2, 0) is 0 Å². The third-order valence-electron chi connectivity index (χ3n) is 9.81. The third-order valence-corrected chi connectivity index (χ3v) is 9.81. The van der Waals surface area contributed by atoms with Crippen molar-refractivity contribution < 1.29 is 20.4 Å². The molecule has 7 unspecified atom stereocenters. The van der Waals surface area contributed by atoms with Crippen LogP contribution in [0.4, 0.5) is 0 Å². The van der Waals surface area contributed by atoms with E-state index in [9.17, 15) is 20.4 Å². The van der Waals surface area contributed by atoms with Crippen molar-refractivity contribution in [1.82, 2.24) is 0 Å². The minimum atomic E-state index is -0.357. The van der Waals surface area contributed by atoms with Crippen LogP contribution in [0.2, 0.25) is 0 Å². The molecule has 0 aromatic rings. The lowest BCUT2D eigenvalue weighted by atomic mass is 9.43. The van der Waals surface area contributed by atoms with Crippen LogP contribution in [0.3, 0.4) is 0 Å². The molecular weight excluding hydrogens is 328 g/mol. The van der Waals surface area contributed by atoms with E-state index in [0.717, 1.165) is 44.9 Å². The summed E-state index contributed by atoms with van der Waals surface area (Å²) < 4.78 is 0. The van der Waals surface area contributed by atoms with Crippen LogP contribution < -0.4 is 0 Å². The number of aliphatic hydroxyl groups excluding tert-OH is 4. The molecule has 0 radical (unpaired) electrons. The van der Waals surface area contributed by atoms with Crippen LogP contribution >= 0.6 is 0 Å². The molecule has 4 aliphatic carbocycles. The fraction of sp³-hybridized carbons (Fsp3) is 1.00. The normalized spacial score (nSPS) is 57.8. The average molecular weight is 367 g/mol. The van der Waals surface area contributed by atoms with Gasteiger partial charge >= 0.3 is 0 Å². The summed E-state index contributed by atoms with van der Waals surface area (Å²) in [7, 11) is 0. The molecule has 0 bridgehead atoms. The summed E-state index contributed by atoms with van der Waals surface area (Å²) >= 11 is 0. The quantitative estimate of drug-likeness (QED) is 0.605. The SMILES string of the molecule is C[C@H](CO)C1CCC2C3C(C[C@H](O)C21C)C1(C)CC[C@@H](O)CC1C[C@H]3O. The van der Waals surface area contributed by atoms with E-state index < -0.39 is 0 Å². The summed E-state index contributed by atoms with van der Waals surface area (Å²) in [5.74, 6) is 1.85. The van der Waals surface area contributed by atoms with Crippen molar-refractivity contribution in [2.24, 2.45) is 46.3 Å². The number of hydrogen-bond acceptors (Lipinski definition) is 4. The molecule has 150 valence electrons. The maximum absolute atomic E-state index is 11.3. The first-order chi connectivity index (χ1) is 12.2. The van der Waals surface area contributed by atoms with Gasteiger partial charge in [0.15, 0.2) is 0 Å². The highest BCUT2D eigenvalue weighted by molar-refractivity contribution is 5.14. The summed E-state index contributed by atoms with van der Waals surface area (Å²) in [5, 5.41) is 42.4. The van der Waals surface area contributed by atoms with Gasteiger partial charge in [-0.05, 0) is 91.3 Å². The zero-order valence-electron chi connectivity index (χ0n) is 16.6. The van der Waals surface area contributed by atoms with Gasteiger partial charge in [-0.2, -0.15) is 0 Å². The van der Waals surface area contributed by atoms with Crippen LogP contribution in [0.1, 0.15) is 65.7 Å². The minimum absolute atomic E-state index is 0.131. The summed E-state index contributed by atoms with van der Waals surface area (Å²) in [6, 6.07) is 0. The van der Waals surface area contributed by atoms with Crippen LogP contribution in [-0.4, -0.2) is 45.3 Å². The van der Waals surface area contributed by atoms with Crippen molar-refractivity contribution in [2.75, 3.05) is 6.61 Å². The van der Waals surface area contributed by atoms with Gasteiger partial charge < -0.3 is 20.4 Å². The van der Waals surface area contributed by atoms with Gasteiger partial charge in [-0.25, -0.2) is 0 Å². The topological polar surface area (TPSA) is 80.9 Å². The van der Waals surface area contributed by atoms with Gasteiger partial charge in [-0.1, -0.05) is 20.8 Å². The Kier molecular flexibility index (Phi) is 4.74. The highest BCUT2D eigenvalue weighted by Crippen LogP contribution is 2.68. The Labute approximate surface area is 158 Å². The van der Waals surface area contributed by atoms with Crippen molar-refractivity contribution >= 4 is 0 Å². The highest BCUT2D eigenvalue weighted by atomic mass is 16.3. The lowest BCUT2D eigenvalue weighted by molar-refractivity contribution is -0.207. The standard InChI is InChI=1S/C22H38O4/c1-12(11-23)15-4-5-16-20-17(10-19(26)22(15,16)3)21(2)7-6-14(24)8-13(21)9-18(20)25/h12-20,23-26H,4-11H2,1-3H3/t12-,13?,14-,15?,16?,17?,18-,19+,20?,21?,22?/m1/s1. The van der Waals surface area contributed by atoms with E-state index in [1.165, 1.54) is 0 Å². The molecule has 0 aromatic carbocycles. The first-order valence-corrected chi connectivity index (χ1v) is 10.9. The molecule has 0 heterocycles. The van der Waals surface area contributed by atoms with Crippen LogP contribution in [0, 0.1) is 46.3 Å². The molecule has 4 heteroatoms. The lowest BCUT2D eigenvalue weighted by Crippen LogP contribution is -2.62. The fourth-order valence-corrected chi connectivity index (χ4v) is 8.26. The van der Waals surface area contributed by atoms with E-state index in [0.29, 0.717) is 23.7 Å². The summed E-state index contributed by atoms with van der Waals surface area (Å²) in [6.07, 6.45) is 5.46. The van der Waals surface area contributed by atoms with E-state index in [1.54, 1.807) is 0 Å². The number of rotatable bonds is 2. The molecule has 0 amide bonds. The maximum Gasteiger partial charge on any atom is 0.0602 e. The zero-order chi connectivity index (χ0) is 18.9. The average Bonchev–Trinajstić information content (AvgIpc) is 2.95. The van der Waals surface area contributed by atoms with Gasteiger partial charge in [0.05, 0.1) is 18.3 Å². The highest BCUT2D eigenvalue weighted by Gasteiger charge is 2.65. The van der Waals surface area contributed by atoms with Crippen molar-refractivity contribution in [3.63, 3.8) is 0 Å². The Morgan fingerprint density at radius 2 is 1.69 bits per heavy atom. The minimum Gasteiger partial charge on any atom is -0.396 e. The van der Waals surface area contributed by atoms with Crippen LogP contribution in [0.15, 0.2) is 0 Å². The lowest BCUT2D eigenvalue weighted by Gasteiger charge is -2.63. The van der Waals surface area contributed by atoms with Crippen LogP contribution in [0.25, 0.3) is 0 Å². The Balaban J connectivity index is 1.68. The molecule has 0 aromatic heterocycles. The second kappa shape index (κ2) is 6.43. The van der Waals surface area contributed by atoms with Crippen molar-refractivity contribution in [2.45, 2.75) is 84.0 Å². The van der Waals surface area contributed by atoms with Crippen LogP contribution in [0.5, 0.6) is 0 Å². The first kappa shape index (κ1) is 19.2. The van der Waals surface area contributed by atoms with Gasteiger partial charge in [0, 0.05) is 6.61 Å². The number of fused-ring (bicyclic) bond motifs is 5. The van der Waals surface area contributed by atoms with Gasteiger partial charge in [0.1, 0.15) is 0 Å². The molecule has 0 saturated heterocycles. The van der Waals surface area contributed by atoms with E-state index in [2.05, 4.69) is 20.8 Å². The molecule has 4 rings (SSSR count). The molecule has 4 N–H and O–H groups in total. The Bertz CT molecular complexity index is 538. The molecule has 4 saturated carbocycles. The van der Waals surface area contributed by atoms with Gasteiger partial charge in [-0.3, -0.25) is 0 Å². The summed E-state index contributed by atoms with van der Waals surface area (Å²) in [5.41, 5.74) is -0.0617. The van der Waals surface area contributed by atoms with E-state index in [-0.39, 0.29) is 47.6 Å². The number of aliphatic hydroxyl groups is 4. The van der Waals surface area contributed by atoms with Gasteiger partial charge in [-0.15, -0.1) is 0 Å². The summed E-state index contributed by atoms with van der Waals surface area (Å²) in [4.78, 5) is 0. The predicted octanol–water partition coefficient (Wildman–Crippen LogP) is 2.58. The Morgan fingerprint density at radius 3 is 2.38 bits per heavy atom. The van der Waals surface area contributed by atoms with Gasteiger partial charge in [0.2, 0.25) is 0 Å². The monoisotopic (exact) mass is 366 g/mol. The third kappa shape index (κ3) is 2.48. The second-order valence-electron chi connectivity index (χ2n) is 10.7. The number of hydrogen-bond donors (Lipinski definition) is 4. The molecule has 4 fully saturated rings. The Hall–Kier alpha value is -0.160. The van der Waals surface area contributed by atoms with Crippen molar-refractivity contribution in [3.8, 4) is 0 Å². The molecule has 4 aliphatic rings. The van der Waals surface area contributed by atoms with Crippen molar-refractivity contribution in [3.05, 3.63) is 0 Å². The second-order valence-corrected chi connectivity index (χ2v) is 10.7. The van der Waals surface area contributed by atoms with E-state index >= 15 is 0 Å². The first-order valence-electron chi connectivity index (χ1n) is 10.9.